The Morgan fingerprint density at radius 3 is 2.42 bits per heavy atom. The van der Waals surface area contributed by atoms with Crippen LogP contribution in [0.15, 0.2) is 0 Å². The van der Waals surface area contributed by atoms with Gasteiger partial charge in [-0.05, 0) is 13.3 Å². The van der Waals surface area contributed by atoms with Gasteiger partial charge < -0.3 is 14.2 Å². The lowest BCUT2D eigenvalue weighted by molar-refractivity contribution is -0.284. The first-order valence-corrected chi connectivity index (χ1v) is 6.12. The van der Waals surface area contributed by atoms with Gasteiger partial charge >= 0.3 is 11.9 Å². The fourth-order valence-corrected chi connectivity index (χ4v) is 1.05. The molecule has 0 aromatic rings. The number of carbonyl (C=O) groups excluding carboxylic acids is 2. The summed E-state index contributed by atoms with van der Waals surface area (Å²) in [4.78, 5) is 31.5. The topological polar surface area (TPSA) is 80.3 Å². The fourth-order valence-electron chi connectivity index (χ4n) is 1.05. The van der Waals surface area contributed by atoms with E-state index >= 15 is 0 Å². The lowest BCUT2D eigenvalue weighted by atomic mass is 10.1. The first-order chi connectivity index (χ1) is 9.01. The van der Waals surface area contributed by atoms with Gasteiger partial charge in [0.1, 0.15) is 13.2 Å². The van der Waals surface area contributed by atoms with Crippen LogP contribution in [0.1, 0.15) is 27.2 Å². The first-order valence-electron chi connectivity index (χ1n) is 6.12. The molecule has 0 saturated carbocycles. The SMILES string of the molecule is CCC(COC(C)=O)C(=O)OOCCOC(C)OC. The zero-order valence-corrected chi connectivity index (χ0v) is 11.8. The molecular formula is C12H22O7. The Labute approximate surface area is 113 Å². The van der Waals surface area contributed by atoms with E-state index in [0.717, 1.165) is 0 Å². The number of esters is 1. The van der Waals surface area contributed by atoms with E-state index < -0.39 is 17.9 Å². The van der Waals surface area contributed by atoms with Gasteiger partial charge in [-0.2, -0.15) is 4.89 Å². The summed E-state index contributed by atoms with van der Waals surface area (Å²) in [6, 6.07) is 0. The molecule has 0 aliphatic carbocycles. The molecule has 0 fully saturated rings. The molecule has 19 heavy (non-hydrogen) atoms. The molecule has 0 heterocycles. The average molecular weight is 278 g/mol. The molecule has 0 rings (SSSR count). The van der Waals surface area contributed by atoms with Crippen molar-refractivity contribution in [2.45, 2.75) is 33.5 Å². The Morgan fingerprint density at radius 2 is 1.89 bits per heavy atom. The number of hydrogen-bond acceptors (Lipinski definition) is 7. The van der Waals surface area contributed by atoms with E-state index in [9.17, 15) is 9.59 Å². The second-order valence-electron chi connectivity index (χ2n) is 3.81. The summed E-state index contributed by atoms with van der Waals surface area (Å²) < 4.78 is 14.7. The summed E-state index contributed by atoms with van der Waals surface area (Å²) in [5.74, 6) is -1.53. The minimum Gasteiger partial charge on any atom is -0.465 e. The third-order valence-electron chi connectivity index (χ3n) is 2.31. The van der Waals surface area contributed by atoms with Crippen LogP contribution in [0.4, 0.5) is 0 Å². The molecule has 112 valence electrons. The standard InChI is InChI=1S/C12H22O7/c1-5-11(8-17-9(2)13)12(14)19-18-7-6-16-10(3)15-4/h10-11H,5-8H2,1-4H3. The predicted molar refractivity (Wildman–Crippen MR) is 64.9 cm³/mol. The molecular weight excluding hydrogens is 256 g/mol. The van der Waals surface area contributed by atoms with Gasteiger partial charge in [-0.1, -0.05) is 6.92 Å². The van der Waals surface area contributed by atoms with Crippen molar-refractivity contribution in [2.24, 2.45) is 5.92 Å². The van der Waals surface area contributed by atoms with Crippen molar-refractivity contribution >= 4 is 11.9 Å². The number of methoxy groups -OCH3 is 1. The normalized spacial score (nSPS) is 13.7. The van der Waals surface area contributed by atoms with Gasteiger partial charge in [-0.25, -0.2) is 4.79 Å². The van der Waals surface area contributed by atoms with Crippen LogP contribution in [-0.2, 0) is 33.6 Å². The third-order valence-corrected chi connectivity index (χ3v) is 2.31. The van der Waals surface area contributed by atoms with Crippen LogP contribution in [0.5, 0.6) is 0 Å². The van der Waals surface area contributed by atoms with Crippen molar-refractivity contribution in [1.29, 1.82) is 0 Å². The Balaban J connectivity index is 3.73. The molecule has 7 heteroatoms. The van der Waals surface area contributed by atoms with Gasteiger partial charge in [0.15, 0.2) is 6.29 Å². The maximum Gasteiger partial charge on any atom is 0.348 e. The quantitative estimate of drug-likeness (QED) is 0.194. The van der Waals surface area contributed by atoms with E-state index in [2.05, 4.69) is 4.89 Å². The van der Waals surface area contributed by atoms with Crippen LogP contribution in [-0.4, -0.2) is 45.2 Å². The van der Waals surface area contributed by atoms with Gasteiger partial charge in [0.25, 0.3) is 0 Å². The van der Waals surface area contributed by atoms with E-state index in [1.165, 1.54) is 14.0 Å². The lowest BCUT2D eigenvalue weighted by Crippen LogP contribution is -2.24. The van der Waals surface area contributed by atoms with Crippen molar-refractivity contribution in [1.82, 2.24) is 0 Å². The Morgan fingerprint density at radius 1 is 1.21 bits per heavy atom. The van der Waals surface area contributed by atoms with Crippen LogP contribution in [0, 0.1) is 5.92 Å². The van der Waals surface area contributed by atoms with Gasteiger partial charge in [0.2, 0.25) is 0 Å². The van der Waals surface area contributed by atoms with Crippen LogP contribution in [0.3, 0.4) is 0 Å². The molecule has 0 radical (unpaired) electrons. The molecule has 0 aliphatic heterocycles. The summed E-state index contributed by atoms with van der Waals surface area (Å²) >= 11 is 0. The molecule has 0 amide bonds. The highest BCUT2D eigenvalue weighted by Crippen LogP contribution is 2.06. The molecule has 0 spiro atoms. The number of rotatable bonds is 10. The fraction of sp³-hybridized carbons (Fsp3) is 0.833. The second-order valence-corrected chi connectivity index (χ2v) is 3.81. The smallest absolute Gasteiger partial charge is 0.348 e. The summed E-state index contributed by atoms with van der Waals surface area (Å²) in [5.41, 5.74) is 0. The van der Waals surface area contributed by atoms with Crippen LogP contribution in [0.25, 0.3) is 0 Å². The Hall–Kier alpha value is -1.18. The highest BCUT2D eigenvalue weighted by atomic mass is 17.2. The van der Waals surface area contributed by atoms with Crippen molar-refractivity contribution in [2.75, 3.05) is 26.9 Å². The van der Waals surface area contributed by atoms with Crippen LogP contribution < -0.4 is 0 Å². The summed E-state index contributed by atoms with van der Waals surface area (Å²) in [5, 5.41) is 0. The van der Waals surface area contributed by atoms with Gasteiger partial charge in [0, 0.05) is 14.0 Å². The van der Waals surface area contributed by atoms with E-state index in [4.69, 9.17) is 19.1 Å². The zero-order chi connectivity index (χ0) is 14.7. The lowest BCUT2D eigenvalue weighted by Gasteiger charge is -2.13. The van der Waals surface area contributed by atoms with Crippen LogP contribution >= 0.6 is 0 Å². The Bertz CT molecular complexity index is 267. The highest BCUT2D eigenvalue weighted by Gasteiger charge is 2.20. The van der Waals surface area contributed by atoms with Crippen LogP contribution in [0.2, 0.25) is 0 Å². The Kier molecular flexibility index (Phi) is 10.1. The van der Waals surface area contributed by atoms with Gasteiger partial charge in [0.05, 0.1) is 12.5 Å². The van der Waals surface area contributed by atoms with Crippen molar-refractivity contribution in [3.63, 3.8) is 0 Å². The van der Waals surface area contributed by atoms with E-state index in [1.807, 2.05) is 0 Å². The molecule has 0 N–H and O–H groups in total. The zero-order valence-electron chi connectivity index (χ0n) is 11.8. The molecule has 0 bridgehead atoms. The predicted octanol–water partition coefficient (Wildman–Crippen LogP) is 1.06. The van der Waals surface area contributed by atoms with E-state index in [0.29, 0.717) is 6.42 Å². The van der Waals surface area contributed by atoms with Gasteiger partial charge in [-0.3, -0.25) is 9.68 Å². The highest BCUT2D eigenvalue weighted by molar-refractivity contribution is 5.72. The average Bonchev–Trinajstić information content (AvgIpc) is 2.38. The third kappa shape index (κ3) is 9.40. The van der Waals surface area contributed by atoms with Gasteiger partial charge in [-0.15, -0.1) is 0 Å². The molecule has 0 saturated heterocycles. The van der Waals surface area contributed by atoms with E-state index in [-0.39, 0.29) is 26.1 Å². The van der Waals surface area contributed by atoms with E-state index in [1.54, 1.807) is 13.8 Å². The number of carbonyl (C=O) groups is 2. The largest absolute Gasteiger partial charge is 0.465 e. The monoisotopic (exact) mass is 278 g/mol. The maximum atomic E-state index is 11.5. The minimum atomic E-state index is -0.566. The summed E-state index contributed by atoms with van der Waals surface area (Å²) in [6.45, 7) is 5.14. The van der Waals surface area contributed by atoms with Crippen molar-refractivity contribution in [3.05, 3.63) is 0 Å². The first kappa shape index (κ1) is 17.8. The molecule has 0 aliphatic rings. The molecule has 7 nitrogen and oxygen atoms in total. The maximum absolute atomic E-state index is 11.5. The summed E-state index contributed by atoms with van der Waals surface area (Å²) in [7, 11) is 1.52. The van der Waals surface area contributed by atoms with Crippen molar-refractivity contribution in [3.8, 4) is 0 Å². The molecule has 0 aromatic heterocycles. The number of ether oxygens (including phenoxy) is 3. The second kappa shape index (κ2) is 10.7. The molecule has 0 aromatic carbocycles. The summed E-state index contributed by atoms with van der Waals surface area (Å²) in [6.07, 6.45) is 0.152. The minimum absolute atomic E-state index is 0.00869. The number of hydrogen-bond donors (Lipinski definition) is 0. The molecule has 2 atom stereocenters. The van der Waals surface area contributed by atoms with Crippen molar-refractivity contribution < 1.29 is 33.6 Å². The molecule has 2 unspecified atom stereocenters.